The largest absolute Gasteiger partial charge is 0.480 e. The zero-order chi connectivity index (χ0) is 11.8. The Morgan fingerprint density at radius 1 is 1.33 bits per heavy atom. The summed E-state index contributed by atoms with van der Waals surface area (Å²) >= 11 is 0. The summed E-state index contributed by atoms with van der Waals surface area (Å²) in [6.45, 7) is 3.79. The van der Waals surface area contributed by atoms with E-state index in [0.29, 0.717) is 0 Å². The zero-order valence-electron chi connectivity index (χ0n) is 9.15. The first-order chi connectivity index (χ1) is 6.99. The Kier molecular flexibility index (Phi) is 6.44. The van der Waals surface area contributed by atoms with Crippen molar-refractivity contribution in [2.75, 3.05) is 20.3 Å². The predicted octanol–water partition coefficient (Wildman–Crippen LogP) is 0.468. The Balaban J connectivity index is 3.95. The van der Waals surface area contributed by atoms with Crippen LogP contribution in [0.1, 0.15) is 13.8 Å². The number of rotatable bonds is 6. The molecule has 0 aliphatic heterocycles. The van der Waals surface area contributed by atoms with Crippen molar-refractivity contribution in [1.82, 2.24) is 5.32 Å². The quantitative estimate of drug-likeness (QED) is 0.634. The van der Waals surface area contributed by atoms with Crippen LogP contribution < -0.4 is 5.32 Å². The maximum absolute atomic E-state index is 11.1. The van der Waals surface area contributed by atoms with E-state index in [1.54, 1.807) is 13.8 Å². The Bertz CT molecular complexity index is 217. The zero-order valence-corrected chi connectivity index (χ0v) is 9.15. The van der Waals surface area contributed by atoms with E-state index < -0.39 is 18.1 Å². The molecule has 15 heavy (non-hydrogen) atoms. The summed E-state index contributed by atoms with van der Waals surface area (Å²) in [4.78, 5) is 21.8. The second-order valence-electron chi connectivity index (χ2n) is 3.33. The molecule has 88 valence electrons. The molecule has 0 saturated carbocycles. The lowest BCUT2D eigenvalue weighted by atomic mass is 10.1. The van der Waals surface area contributed by atoms with Gasteiger partial charge in [-0.3, -0.25) is 0 Å². The van der Waals surface area contributed by atoms with Gasteiger partial charge in [0.25, 0.3) is 0 Å². The van der Waals surface area contributed by atoms with Crippen LogP contribution >= 0.6 is 0 Å². The van der Waals surface area contributed by atoms with E-state index in [9.17, 15) is 9.59 Å². The van der Waals surface area contributed by atoms with Crippen LogP contribution in [-0.2, 0) is 14.3 Å². The molecule has 1 atom stereocenters. The molecule has 2 N–H and O–H groups in total. The van der Waals surface area contributed by atoms with Gasteiger partial charge in [0.15, 0.2) is 0 Å². The highest BCUT2D eigenvalue weighted by Crippen LogP contribution is 2.01. The van der Waals surface area contributed by atoms with Crippen molar-refractivity contribution in [3.8, 4) is 0 Å². The van der Waals surface area contributed by atoms with E-state index in [2.05, 4.69) is 14.8 Å². The topological polar surface area (TPSA) is 84.9 Å². The van der Waals surface area contributed by atoms with Gasteiger partial charge in [0.1, 0.15) is 12.6 Å². The Morgan fingerprint density at radius 3 is 2.33 bits per heavy atom. The fourth-order valence-electron chi connectivity index (χ4n) is 0.900. The minimum Gasteiger partial charge on any atom is -0.480 e. The van der Waals surface area contributed by atoms with Gasteiger partial charge < -0.3 is 19.9 Å². The van der Waals surface area contributed by atoms with Crippen molar-refractivity contribution < 1.29 is 24.2 Å². The fourth-order valence-corrected chi connectivity index (χ4v) is 0.900. The number of methoxy groups -OCH3 is 1. The van der Waals surface area contributed by atoms with Gasteiger partial charge in [-0.1, -0.05) is 13.8 Å². The van der Waals surface area contributed by atoms with Crippen LogP contribution in [0, 0.1) is 5.92 Å². The van der Waals surface area contributed by atoms with Crippen LogP contribution in [0.25, 0.3) is 0 Å². The Labute approximate surface area is 88.6 Å². The molecule has 0 rings (SSSR count). The SMILES string of the molecule is COCCOC(=O)N[C@H](C(=O)O)C(C)C. The smallest absolute Gasteiger partial charge is 0.407 e. The molecule has 0 unspecified atom stereocenters. The van der Waals surface area contributed by atoms with Gasteiger partial charge in [-0.15, -0.1) is 0 Å². The second-order valence-corrected chi connectivity index (χ2v) is 3.33. The van der Waals surface area contributed by atoms with Gasteiger partial charge >= 0.3 is 12.1 Å². The van der Waals surface area contributed by atoms with Gasteiger partial charge in [0.05, 0.1) is 6.61 Å². The molecule has 0 aromatic rings. The summed E-state index contributed by atoms with van der Waals surface area (Å²) in [5, 5.41) is 11.0. The molecule has 6 heteroatoms. The first-order valence-corrected chi connectivity index (χ1v) is 4.64. The lowest BCUT2D eigenvalue weighted by Gasteiger charge is -2.17. The summed E-state index contributed by atoms with van der Waals surface area (Å²) in [6.07, 6.45) is -0.742. The van der Waals surface area contributed by atoms with Crippen molar-refractivity contribution in [2.45, 2.75) is 19.9 Å². The normalized spacial score (nSPS) is 12.3. The number of ether oxygens (including phenoxy) is 2. The second kappa shape index (κ2) is 7.05. The van der Waals surface area contributed by atoms with E-state index in [1.807, 2.05) is 0 Å². The highest BCUT2D eigenvalue weighted by Gasteiger charge is 2.23. The Hall–Kier alpha value is -1.30. The maximum atomic E-state index is 11.1. The van der Waals surface area contributed by atoms with Crippen LogP contribution in [0.5, 0.6) is 0 Å². The fraction of sp³-hybridized carbons (Fsp3) is 0.778. The molecular formula is C9H17NO5. The van der Waals surface area contributed by atoms with E-state index in [-0.39, 0.29) is 19.1 Å². The number of nitrogens with one attached hydrogen (secondary N) is 1. The molecule has 0 bridgehead atoms. The number of carboxylic acids is 1. The number of hydrogen-bond acceptors (Lipinski definition) is 4. The lowest BCUT2D eigenvalue weighted by molar-refractivity contribution is -0.140. The molecule has 0 fully saturated rings. The molecule has 1 amide bonds. The number of carbonyl (C=O) groups excluding carboxylic acids is 1. The van der Waals surface area contributed by atoms with Crippen LogP contribution in [0.15, 0.2) is 0 Å². The number of aliphatic carboxylic acids is 1. The van der Waals surface area contributed by atoms with E-state index >= 15 is 0 Å². The number of alkyl carbamates (subject to hydrolysis) is 1. The molecule has 6 nitrogen and oxygen atoms in total. The number of carboxylic acid groups (broad SMARTS) is 1. The standard InChI is InChI=1S/C9H17NO5/c1-6(2)7(8(11)12)10-9(13)15-5-4-14-3/h6-7H,4-5H2,1-3H3,(H,10,13)(H,11,12)/t7-/m0/s1. The third-order valence-electron chi connectivity index (χ3n) is 1.73. The lowest BCUT2D eigenvalue weighted by Crippen LogP contribution is -2.44. The minimum atomic E-state index is -1.08. The summed E-state index contributed by atoms with van der Waals surface area (Å²) in [6, 6.07) is -0.931. The summed E-state index contributed by atoms with van der Waals surface area (Å²) in [5.74, 6) is -1.27. The van der Waals surface area contributed by atoms with Gasteiger partial charge in [0.2, 0.25) is 0 Å². The average Bonchev–Trinajstić information content (AvgIpc) is 2.13. The molecule has 0 aromatic carbocycles. The molecule has 0 heterocycles. The van der Waals surface area contributed by atoms with Crippen LogP contribution in [-0.4, -0.2) is 43.5 Å². The molecule has 0 aliphatic carbocycles. The summed E-state index contributed by atoms with van der Waals surface area (Å²) < 4.78 is 9.35. The third kappa shape index (κ3) is 5.90. The summed E-state index contributed by atoms with van der Waals surface area (Å²) in [5.41, 5.74) is 0. The van der Waals surface area contributed by atoms with E-state index in [4.69, 9.17) is 5.11 Å². The molecule has 0 saturated heterocycles. The number of carbonyl (C=O) groups is 2. The summed E-state index contributed by atoms with van der Waals surface area (Å²) in [7, 11) is 1.48. The predicted molar refractivity (Wildman–Crippen MR) is 52.6 cm³/mol. The molecule has 0 radical (unpaired) electrons. The van der Waals surface area contributed by atoms with Crippen molar-refractivity contribution in [2.24, 2.45) is 5.92 Å². The monoisotopic (exact) mass is 219 g/mol. The number of amides is 1. The van der Waals surface area contributed by atoms with Crippen LogP contribution in [0.4, 0.5) is 4.79 Å². The van der Waals surface area contributed by atoms with Crippen molar-refractivity contribution >= 4 is 12.1 Å². The van der Waals surface area contributed by atoms with Crippen LogP contribution in [0.3, 0.4) is 0 Å². The molecule has 0 spiro atoms. The van der Waals surface area contributed by atoms with Gasteiger partial charge in [-0.2, -0.15) is 0 Å². The van der Waals surface area contributed by atoms with Crippen molar-refractivity contribution in [1.29, 1.82) is 0 Å². The Morgan fingerprint density at radius 2 is 1.93 bits per heavy atom. The molecule has 0 aromatic heterocycles. The minimum absolute atomic E-state index is 0.104. The van der Waals surface area contributed by atoms with Gasteiger partial charge in [-0.25, -0.2) is 9.59 Å². The van der Waals surface area contributed by atoms with Crippen molar-refractivity contribution in [3.05, 3.63) is 0 Å². The molecule has 0 aliphatic rings. The third-order valence-corrected chi connectivity index (χ3v) is 1.73. The number of hydrogen-bond donors (Lipinski definition) is 2. The van der Waals surface area contributed by atoms with Gasteiger partial charge in [-0.05, 0) is 5.92 Å². The molecular weight excluding hydrogens is 202 g/mol. The first-order valence-electron chi connectivity index (χ1n) is 4.64. The highest BCUT2D eigenvalue weighted by molar-refractivity contribution is 5.80. The first kappa shape index (κ1) is 13.7. The average molecular weight is 219 g/mol. The maximum Gasteiger partial charge on any atom is 0.407 e. The van der Waals surface area contributed by atoms with E-state index in [0.717, 1.165) is 0 Å². The van der Waals surface area contributed by atoms with E-state index in [1.165, 1.54) is 7.11 Å². The highest BCUT2D eigenvalue weighted by atomic mass is 16.6. The van der Waals surface area contributed by atoms with Crippen molar-refractivity contribution in [3.63, 3.8) is 0 Å². The van der Waals surface area contributed by atoms with Crippen LogP contribution in [0.2, 0.25) is 0 Å². The van der Waals surface area contributed by atoms with Gasteiger partial charge in [0, 0.05) is 7.11 Å².